The SMILES string of the molecule is O=C(Nc1c(F)c(F)c(F)c(F)c1F)c1csc(Br)c1. The second-order valence-corrected chi connectivity index (χ2v) is 5.83. The summed E-state index contributed by atoms with van der Waals surface area (Å²) in [4.78, 5) is 11.6. The van der Waals surface area contributed by atoms with Crippen molar-refractivity contribution < 1.29 is 26.7 Å². The van der Waals surface area contributed by atoms with E-state index >= 15 is 0 Å². The summed E-state index contributed by atoms with van der Waals surface area (Å²) in [6.07, 6.45) is 0. The normalized spacial score (nSPS) is 10.7. The minimum Gasteiger partial charge on any atom is -0.317 e. The van der Waals surface area contributed by atoms with Gasteiger partial charge >= 0.3 is 0 Å². The quantitative estimate of drug-likeness (QED) is 0.471. The first-order chi connectivity index (χ1) is 9.32. The fourth-order valence-electron chi connectivity index (χ4n) is 1.33. The number of hydrogen-bond acceptors (Lipinski definition) is 2. The molecule has 9 heteroatoms. The van der Waals surface area contributed by atoms with E-state index in [9.17, 15) is 26.7 Å². The Balaban J connectivity index is 2.42. The molecule has 0 unspecified atom stereocenters. The molecule has 0 bridgehead atoms. The van der Waals surface area contributed by atoms with Crippen molar-refractivity contribution in [2.45, 2.75) is 0 Å². The number of carbonyl (C=O) groups excluding carboxylic acids is 1. The Kier molecular flexibility index (Phi) is 4.09. The van der Waals surface area contributed by atoms with E-state index in [0.717, 1.165) is 11.3 Å². The van der Waals surface area contributed by atoms with Crippen LogP contribution in [0.3, 0.4) is 0 Å². The molecule has 2 nitrogen and oxygen atoms in total. The van der Waals surface area contributed by atoms with Crippen LogP contribution < -0.4 is 5.32 Å². The van der Waals surface area contributed by atoms with Crippen molar-refractivity contribution in [2.75, 3.05) is 5.32 Å². The average molecular weight is 372 g/mol. The highest BCUT2D eigenvalue weighted by atomic mass is 79.9. The number of benzene rings is 1. The van der Waals surface area contributed by atoms with Crippen LogP contribution in [0.1, 0.15) is 10.4 Å². The Labute approximate surface area is 121 Å². The van der Waals surface area contributed by atoms with Gasteiger partial charge in [0.2, 0.25) is 5.82 Å². The lowest BCUT2D eigenvalue weighted by atomic mass is 10.2. The van der Waals surface area contributed by atoms with Crippen molar-refractivity contribution >= 4 is 38.9 Å². The van der Waals surface area contributed by atoms with E-state index in [4.69, 9.17) is 0 Å². The molecule has 2 rings (SSSR count). The monoisotopic (exact) mass is 371 g/mol. The summed E-state index contributed by atoms with van der Waals surface area (Å²) in [6, 6.07) is 1.34. The minimum absolute atomic E-state index is 0.0193. The van der Waals surface area contributed by atoms with E-state index in [1.807, 2.05) is 0 Å². The first kappa shape index (κ1) is 14.9. The van der Waals surface area contributed by atoms with Crippen LogP contribution in [-0.4, -0.2) is 5.91 Å². The summed E-state index contributed by atoms with van der Waals surface area (Å²) in [5.41, 5.74) is -1.36. The van der Waals surface area contributed by atoms with Crippen molar-refractivity contribution in [1.82, 2.24) is 0 Å². The molecule has 1 aromatic heterocycles. The molecule has 1 aromatic carbocycles. The van der Waals surface area contributed by atoms with Gasteiger partial charge in [-0.3, -0.25) is 4.79 Å². The summed E-state index contributed by atoms with van der Waals surface area (Å²) >= 11 is 4.19. The van der Waals surface area contributed by atoms with Gasteiger partial charge in [0.25, 0.3) is 5.91 Å². The number of carbonyl (C=O) groups is 1. The smallest absolute Gasteiger partial charge is 0.256 e. The molecule has 0 aliphatic carbocycles. The molecule has 106 valence electrons. The van der Waals surface area contributed by atoms with Gasteiger partial charge in [-0.05, 0) is 22.0 Å². The fraction of sp³-hybridized carbons (Fsp3) is 0. The average Bonchev–Trinajstić information content (AvgIpc) is 2.85. The molecule has 1 heterocycles. The van der Waals surface area contributed by atoms with E-state index in [1.54, 1.807) is 5.32 Å². The van der Waals surface area contributed by atoms with Gasteiger partial charge < -0.3 is 5.32 Å². The van der Waals surface area contributed by atoms with Crippen LogP contribution in [0.5, 0.6) is 0 Å². The van der Waals surface area contributed by atoms with E-state index in [1.165, 1.54) is 11.4 Å². The molecule has 0 saturated heterocycles. The molecule has 0 saturated carbocycles. The van der Waals surface area contributed by atoms with E-state index in [2.05, 4.69) is 15.9 Å². The second kappa shape index (κ2) is 5.49. The van der Waals surface area contributed by atoms with Crippen LogP contribution in [0.4, 0.5) is 27.6 Å². The third-order valence-electron chi connectivity index (χ3n) is 2.28. The predicted molar refractivity (Wildman–Crippen MR) is 66.2 cm³/mol. The third-order valence-corrected chi connectivity index (χ3v) is 3.78. The Morgan fingerprint density at radius 1 is 1.00 bits per heavy atom. The molecule has 0 aliphatic heterocycles. The summed E-state index contributed by atoms with van der Waals surface area (Å²) in [5, 5.41) is 3.02. The maximum absolute atomic E-state index is 13.3. The Hall–Kier alpha value is -1.48. The molecule has 0 radical (unpaired) electrons. The number of nitrogens with one attached hydrogen (secondary N) is 1. The molecule has 0 spiro atoms. The molecule has 1 N–H and O–H groups in total. The van der Waals surface area contributed by atoms with Crippen molar-refractivity contribution in [3.63, 3.8) is 0 Å². The summed E-state index contributed by atoms with van der Waals surface area (Å²) < 4.78 is 66.0. The number of amides is 1. The van der Waals surface area contributed by atoms with Gasteiger partial charge in [-0.25, -0.2) is 22.0 Å². The molecule has 1 amide bonds. The highest BCUT2D eigenvalue weighted by molar-refractivity contribution is 9.11. The fourth-order valence-corrected chi connectivity index (χ4v) is 2.47. The standard InChI is InChI=1S/C11H3BrF5NOS/c12-4-1-3(2-20-4)11(19)18-10-8(16)6(14)5(13)7(15)9(10)17/h1-2H,(H,18,19). The Bertz CT molecular complexity index is 673. The highest BCUT2D eigenvalue weighted by Crippen LogP contribution is 2.28. The van der Waals surface area contributed by atoms with Gasteiger partial charge in [-0.15, -0.1) is 11.3 Å². The molecule has 2 aromatic rings. The zero-order valence-electron chi connectivity index (χ0n) is 9.24. The van der Waals surface area contributed by atoms with Crippen molar-refractivity contribution in [3.8, 4) is 0 Å². The van der Waals surface area contributed by atoms with Crippen molar-refractivity contribution in [3.05, 3.63) is 49.9 Å². The second-order valence-electron chi connectivity index (χ2n) is 3.54. The summed E-state index contributed by atoms with van der Waals surface area (Å²) in [5.74, 6) is -11.7. The highest BCUT2D eigenvalue weighted by Gasteiger charge is 2.27. The topological polar surface area (TPSA) is 29.1 Å². The number of rotatable bonds is 2. The third kappa shape index (κ3) is 2.55. The number of anilines is 1. The lowest BCUT2D eigenvalue weighted by Crippen LogP contribution is -2.16. The van der Waals surface area contributed by atoms with Crippen LogP contribution in [-0.2, 0) is 0 Å². The van der Waals surface area contributed by atoms with Gasteiger partial charge in [0.1, 0.15) is 5.69 Å². The zero-order chi connectivity index (χ0) is 15.0. The first-order valence-electron chi connectivity index (χ1n) is 4.89. The number of hydrogen-bond donors (Lipinski definition) is 1. The number of halogens is 6. The van der Waals surface area contributed by atoms with E-state index in [0.29, 0.717) is 3.79 Å². The van der Waals surface area contributed by atoms with Crippen LogP contribution >= 0.6 is 27.3 Å². The Morgan fingerprint density at radius 2 is 1.50 bits per heavy atom. The molecular formula is C11H3BrF5NOS. The maximum Gasteiger partial charge on any atom is 0.256 e. The van der Waals surface area contributed by atoms with Crippen molar-refractivity contribution in [2.24, 2.45) is 0 Å². The molecule has 20 heavy (non-hydrogen) atoms. The molecule has 0 fully saturated rings. The van der Waals surface area contributed by atoms with Gasteiger partial charge in [0.15, 0.2) is 23.3 Å². The number of thiophene rings is 1. The molecular weight excluding hydrogens is 369 g/mol. The largest absolute Gasteiger partial charge is 0.317 e. The van der Waals surface area contributed by atoms with Gasteiger partial charge in [0.05, 0.1) is 9.35 Å². The summed E-state index contributed by atoms with van der Waals surface area (Å²) in [7, 11) is 0. The zero-order valence-corrected chi connectivity index (χ0v) is 11.6. The van der Waals surface area contributed by atoms with Gasteiger partial charge in [0, 0.05) is 5.38 Å². The van der Waals surface area contributed by atoms with Gasteiger partial charge in [-0.1, -0.05) is 0 Å². The predicted octanol–water partition coefficient (Wildman–Crippen LogP) is 4.46. The maximum atomic E-state index is 13.3. The lowest BCUT2D eigenvalue weighted by Gasteiger charge is -2.09. The molecule has 0 aliphatic rings. The van der Waals surface area contributed by atoms with Crippen LogP contribution in [0.2, 0.25) is 0 Å². The minimum atomic E-state index is -2.28. The van der Waals surface area contributed by atoms with Gasteiger partial charge in [-0.2, -0.15) is 0 Å². The summed E-state index contributed by atoms with van der Waals surface area (Å²) in [6.45, 7) is 0. The molecule has 0 atom stereocenters. The van der Waals surface area contributed by atoms with Crippen LogP contribution in [0.25, 0.3) is 0 Å². The first-order valence-corrected chi connectivity index (χ1v) is 6.57. The van der Waals surface area contributed by atoms with E-state index < -0.39 is 40.7 Å². The lowest BCUT2D eigenvalue weighted by molar-refractivity contribution is 0.102. The van der Waals surface area contributed by atoms with Crippen molar-refractivity contribution in [1.29, 1.82) is 0 Å². The van der Waals surface area contributed by atoms with Crippen LogP contribution in [0.15, 0.2) is 15.2 Å². The van der Waals surface area contributed by atoms with E-state index in [-0.39, 0.29) is 5.56 Å². The van der Waals surface area contributed by atoms with Crippen LogP contribution in [0, 0.1) is 29.1 Å². The Morgan fingerprint density at radius 3 is 1.95 bits per heavy atom.